The molecular formula is C12H24N2O2. The van der Waals surface area contributed by atoms with Crippen molar-refractivity contribution in [2.45, 2.75) is 45.6 Å². The van der Waals surface area contributed by atoms with Crippen LogP contribution in [0.1, 0.15) is 39.5 Å². The van der Waals surface area contributed by atoms with E-state index in [-0.39, 0.29) is 18.6 Å². The van der Waals surface area contributed by atoms with Crippen LogP contribution in [0.5, 0.6) is 0 Å². The lowest BCUT2D eigenvalue weighted by molar-refractivity contribution is -0.128. The molecule has 0 bridgehead atoms. The van der Waals surface area contributed by atoms with Crippen LogP contribution in [-0.2, 0) is 9.53 Å². The fraction of sp³-hybridized carbons (Fsp3) is 0.917. The lowest BCUT2D eigenvalue weighted by Crippen LogP contribution is -2.34. The molecule has 0 aromatic heterocycles. The smallest absolute Gasteiger partial charge is 0.246 e. The first-order chi connectivity index (χ1) is 7.53. The number of hydrogen-bond donors (Lipinski definition) is 2. The molecule has 0 spiro atoms. The number of hydrogen-bond acceptors (Lipinski definition) is 3. The first-order valence-corrected chi connectivity index (χ1v) is 6.12. The molecule has 4 heteroatoms. The highest BCUT2D eigenvalue weighted by Gasteiger charge is 2.27. The second-order valence-electron chi connectivity index (χ2n) is 5.31. The molecule has 1 aliphatic carbocycles. The van der Waals surface area contributed by atoms with Crippen molar-refractivity contribution in [2.75, 3.05) is 19.7 Å². The molecule has 1 fully saturated rings. The second-order valence-corrected chi connectivity index (χ2v) is 5.31. The highest BCUT2D eigenvalue weighted by molar-refractivity contribution is 5.77. The number of amides is 1. The summed E-state index contributed by atoms with van der Waals surface area (Å²) >= 11 is 0. The molecule has 3 N–H and O–H groups in total. The summed E-state index contributed by atoms with van der Waals surface area (Å²) < 4.78 is 5.58. The van der Waals surface area contributed by atoms with Gasteiger partial charge in [0.05, 0.1) is 6.10 Å². The van der Waals surface area contributed by atoms with Crippen LogP contribution in [0, 0.1) is 5.41 Å². The Morgan fingerprint density at radius 2 is 2.06 bits per heavy atom. The Balaban J connectivity index is 2.12. The lowest BCUT2D eigenvalue weighted by Gasteiger charge is -2.34. The van der Waals surface area contributed by atoms with Gasteiger partial charge in [-0.2, -0.15) is 0 Å². The van der Waals surface area contributed by atoms with Crippen LogP contribution in [0.15, 0.2) is 0 Å². The van der Waals surface area contributed by atoms with Crippen LogP contribution in [-0.4, -0.2) is 31.7 Å². The van der Waals surface area contributed by atoms with Crippen molar-refractivity contribution < 1.29 is 9.53 Å². The van der Waals surface area contributed by atoms with Gasteiger partial charge >= 0.3 is 0 Å². The zero-order valence-corrected chi connectivity index (χ0v) is 10.4. The van der Waals surface area contributed by atoms with Gasteiger partial charge in [0.1, 0.15) is 6.61 Å². The van der Waals surface area contributed by atoms with E-state index >= 15 is 0 Å². The molecule has 94 valence electrons. The number of carbonyl (C=O) groups excluding carboxylic acids is 1. The van der Waals surface area contributed by atoms with Gasteiger partial charge in [-0.1, -0.05) is 13.8 Å². The predicted octanol–water partition coefficient (Wildman–Crippen LogP) is 1.05. The molecule has 0 aliphatic heterocycles. The van der Waals surface area contributed by atoms with Gasteiger partial charge in [0.2, 0.25) is 5.91 Å². The van der Waals surface area contributed by atoms with Crippen molar-refractivity contribution >= 4 is 5.91 Å². The number of rotatable bonds is 5. The topological polar surface area (TPSA) is 64.3 Å². The molecule has 0 radical (unpaired) electrons. The molecule has 1 rings (SSSR count). The largest absolute Gasteiger partial charge is 0.368 e. The first kappa shape index (κ1) is 13.5. The number of nitrogens with one attached hydrogen (secondary N) is 1. The van der Waals surface area contributed by atoms with Crippen LogP contribution in [0.25, 0.3) is 0 Å². The lowest BCUT2D eigenvalue weighted by atomic mass is 9.76. The van der Waals surface area contributed by atoms with Gasteiger partial charge in [-0.3, -0.25) is 4.79 Å². The normalized spacial score (nSPS) is 20.7. The van der Waals surface area contributed by atoms with Gasteiger partial charge in [-0.15, -0.1) is 0 Å². The molecule has 0 aromatic carbocycles. The number of nitrogens with two attached hydrogens (primary N) is 1. The predicted molar refractivity (Wildman–Crippen MR) is 64.1 cm³/mol. The van der Waals surface area contributed by atoms with E-state index < -0.39 is 0 Å². The molecule has 0 atom stereocenters. The summed E-state index contributed by atoms with van der Waals surface area (Å²) in [6.07, 6.45) is 4.76. The Labute approximate surface area is 97.9 Å². The number of ether oxygens (including phenoxy) is 1. The summed E-state index contributed by atoms with van der Waals surface area (Å²) in [4.78, 5) is 11.3. The van der Waals surface area contributed by atoms with Gasteiger partial charge in [-0.25, -0.2) is 0 Å². The highest BCUT2D eigenvalue weighted by atomic mass is 16.5. The average molecular weight is 228 g/mol. The van der Waals surface area contributed by atoms with Crippen LogP contribution in [0.2, 0.25) is 0 Å². The van der Waals surface area contributed by atoms with E-state index in [0.717, 1.165) is 12.8 Å². The van der Waals surface area contributed by atoms with Crippen LogP contribution < -0.4 is 11.1 Å². The molecular weight excluding hydrogens is 204 g/mol. The molecule has 1 saturated carbocycles. The Kier molecular flexibility index (Phi) is 5.22. The van der Waals surface area contributed by atoms with E-state index in [2.05, 4.69) is 19.2 Å². The Morgan fingerprint density at radius 3 is 2.62 bits per heavy atom. The molecule has 0 aromatic rings. The minimum Gasteiger partial charge on any atom is -0.368 e. The van der Waals surface area contributed by atoms with Crippen molar-refractivity contribution in [3.63, 3.8) is 0 Å². The molecule has 0 heterocycles. The van der Waals surface area contributed by atoms with Crippen LogP contribution in [0.4, 0.5) is 0 Å². The van der Waals surface area contributed by atoms with Crippen molar-refractivity contribution in [2.24, 2.45) is 11.1 Å². The summed E-state index contributed by atoms with van der Waals surface area (Å²) in [6.45, 7) is 5.75. The summed E-state index contributed by atoms with van der Waals surface area (Å²) in [6, 6.07) is 0. The second kappa shape index (κ2) is 6.21. The van der Waals surface area contributed by atoms with E-state index in [1.165, 1.54) is 12.8 Å². The van der Waals surface area contributed by atoms with Gasteiger partial charge < -0.3 is 15.8 Å². The van der Waals surface area contributed by atoms with Crippen molar-refractivity contribution in [3.05, 3.63) is 0 Å². The van der Waals surface area contributed by atoms with E-state index in [0.29, 0.717) is 18.5 Å². The third-order valence-corrected chi connectivity index (χ3v) is 3.20. The SMILES string of the molecule is CC1(C)CCC(OCC(=O)NCCN)CC1. The average Bonchev–Trinajstić information content (AvgIpc) is 2.25. The minimum absolute atomic E-state index is 0.0599. The molecule has 16 heavy (non-hydrogen) atoms. The molecule has 4 nitrogen and oxygen atoms in total. The summed E-state index contributed by atoms with van der Waals surface area (Å²) in [7, 11) is 0. The minimum atomic E-state index is -0.0599. The molecule has 0 unspecified atom stereocenters. The van der Waals surface area contributed by atoms with Gasteiger partial charge in [-0.05, 0) is 31.1 Å². The molecule has 1 aliphatic rings. The Hall–Kier alpha value is -0.610. The maximum absolute atomic E-state index is 11.3. The van der Waals surface area contributed by atoms with Crippen molar-refractivity contribution in [1.29, 1.82) is 0 Å². The Morgan fingerprint density at radius 1 is 1.44 bits per heavy atom. The van der Waals surface area contributed by atoms with Crippen LogP contribution in [0.3, 0.4) is 0 Å². The molecule has 0 saturated heterocycles. The summed E-state index contributed by atoms with van der Waals surface area (Å²) in [5.74, 6) is -0.0599. The van der Waals surface area contributed by atoms with E-state index in [4.69, 9.17) is 10.5 Å². The fourth-order valence-corrected chi connectivity index (χ4v) is 2.00. The highest BCUT2D eigenvalue weighted by Crippen LogP contribution is 2.35. The summed E-state index contributed by atoms with van der Waals surface area (Å²) in [5, 5.41) is 2.70. The third-order valence-electron chi connectivity index (χ3n) is 3.20. The van der Waals surface area contributed by atoms with E-state index in [1.807, 2.05) is 0 Å². The fourth-order valence-electron chi connectivity index (χ4n) is 2.00. The molecule has 1 amide bonds. The van der Waals surface area contributed by atoms with E-state index in [1.54, 1.807) is 0 Å². The summed E-state index contributed by atoms with van der Waals surface area (Å²) in [5.41, 5.74) is 5.74. The quantitative estimate of drug-likeness (QED) is 0.739. The van der Waals surface area contributed by atoms with Crippen molar-refractivity contribution in [3.8, 4) is 0 Å². The third kappa shape index (κ3) is 4.94. The zero-order chi connectivity index (χ0) is 12.0. The monoisotopic (exact) mass is 228 g/mol. The van der Waals surface area contributed by atoms with E-state index in [9.17, 15) is 4.79 Å². The first-order valence-electron chi connectivity index (χ1n) is 6.12. The maximum atomic E-state index is 11.3. The van der Waals surface area contributed by atoms with Gasteiger partial charge in [0.25, 0.3) is 0 Å². The number of carbonyl (C=O) groups is 1. The van der Waals surface area contributed by atoms with Crippen molar-refractivity contribution in [1.82, 2.24) is 5.32 Å². The van der Waals surface area contributed by atoms with Gasteiger partial charge in [0.15, 0.2) is 0 Å². The Bertz CT molecular complexity index is 219. The van der Waals surface area contributed by atoms with Gasteiger partial charge in [0, 0.05) is 13.1 Å². The maximum Gasteiger partial charge on any atom is 0.246 e. The van der Waals surface area contributed by atoms with Crippen LogP contribution >= 0.6 is 0 Å². The zero-order valence-electron chi connectivity index (χ0n) is 10.4. The standard InChI is InChI=1S/C12H24N2O2/c1-12(2)5-3-10(4-6-12)16-9-11(15)14-8-7-13/h10H,3-9,13H2,1-2H3,(H,14,15).